The summed E-state index contributed by atoms with van der Waals surface area (Å²) in [5, 5.41) is 7.74. The molecule has 3 rings (SSSR count). The van der Waals surface area contributed by atoms with Gasteiger partial charge in [0.05, 0.1) is 5.75 Å². The number of thioether (sulfide) groups is 2. The van der Waals surface area contributed by atoms with Crippen LogP contribution >= 0.6 is 23.5 Å². The van der Waals surface area contributed by atoms with E-state index in [1.165, 1.54) is 16.7 Å². The Balaban J connectivity index is 1.77. The Hall–Kier alpha value is -1.99. The molecule has 3 aromatic rings. The molecule has 0 aliphatic carbocycles. The molecule has 2 heterocycles. The molecule has 0 fully saturated rings. The monoisotopic (exact) mass is 400 g/mol. The van der Waals surface area contributed by atoms with Gasteiger partial charge < -0.3 is 4.57 Å². The van der Waals surface area contributed by atoms with E-state index in [0.717, 1.165) is 41.3 Å². The van der Waals surface area contributed by atoms with Crippen molar-refractivity contribution in [1.82, 2.24) is 19.7 Å². The van der Waals surface area contributed by atoms with Crippen LogP contribution in [0.25, 0.3) is 5.69 Å². The third-order valence-corrected chi connectivity index (χ3v) is 5.95. The van der Waals surface area contributed by atoms with Gasteiger partial charge in [0.25, 0.3) is 0 Å². The zero-order valence-corrected chi connectivity index (χ0v) is 17.7. The molecule has 0 atom stereocenters. The van der Waals surface area contributed by atoms with E-state index in [1.54, 1.807) is 11.8 Å². The minimum atomic E-state index is 0.0993. The number of aromatic nitrogens is 4. The maximum Gasteiger partial charge on any atom is 0.208 e. The number of hydrogen-bond donors (Lipinski definition) is 1. The molecular weight excluding hydrogens is 376 g/mol. The highest BCUT2D eigenvalue weighted by atomic mass is 32.2. The van der Waals surface area contributed by atoms with E-state index in [0.29, 0.717) is 10.9 Å². The Morgan fingerprint density at radius 3 is 2.81 bits per heavy atom. The summed E-state index contributed by atoms with van der Waals surface area (Å²) < 4.78 is 2.14. The van der Waals surface area contributed by atoms with Crippen LogP contribution in [0.1, 0.15) is 40.9 Å². The zero-order chi connectivity index (χ0) is 19.4. The van der Waals surface area contributed by atoms with Crippen molar-refractivity contribution in [2.45, 2.75) is 43.7 Å². The minimum Gasteiger partial charge on any atom is -0.318 e. The van der Waals surface area contributed by atoms with E-state index in [1.807, 2.05) is 19.9 Å². The Kier molecular flexibility index (Phi) is 6.44. The highest BCUT2D eigenvalue weighted by Crippen LogP contribution is 2.25. The Morgan fingerprint density at radius 1 is 1.26 bits per heavy atom. The second-order valence-electron chi connectivity index (χ2n) is 6.35. The van der Waals surface area contributed by atoms with Crippen molar-refractivity contribution in [2.75, 3.05) is 12.0 Å². The summed E-state index contributed by atoms with van der Waals surface area (Å²) >= 11 is 3.09. The van der Waals surface area contributed by atoms with Crippen molar-refractivity contribution < 1.29 is 4.79 Å². The fourth-order valence-corrected chi connectivity index (χ4v) is 4.24. The Labute approximate surface area is 168 Å². The first-order valence-corrected chi connectivity index (χ1v) is 11.1. The smallest absolute Gasteiger partial charge is 0.208 e. The first kappa shape index (κ1) is 19.8. The van der Waals surface area contributed by atoms with E-state index < -0.39 is 0 Å². The first-order valence-electron chi connectivity index (χ1n) is 8.94. The summed E-state index contributed by atoms with van der Waals surface area (Å²) in [6.07, 6.45) is 3.95. The number of carbonyl (C=O) groups is 1. The van der Waals surface area contributed by atoms with Gasteiger partial charge in [-0.1, -0.05) is 24.8 Å². The minimum absolute atomic E-state index is 0.0993. The summed E-state index contributed by atoms with van der Waals surface area (Å²) in [6, 6.07) is 10.3. The third-order valence-electron chi connectivity index (χ3n) is 4.37. The molecule has 0 bridgehead atoms. The second-order valence-corrected chi connectivity index (χ2v) is 8.17. The molecule has 1 aromatic carbocycles. The molecule has 0 aliphatic heterocycles. The maximum atomic E-state index is 12.8. The standard InChI is InChI=1S/C20H24N4OS2/c1-5-7-19-21-20(23-22-19)27-12-18(25)17-10-13(2)24(14(17)3)15-8-6-9-16(11-15)26-4/h6,8-11H,5,7,12H2,1-4H3,(H,21,22,23). The van der Waals surface area contributed by atoms with E-state index in [4.69, 9.17) is 0 Å². The SMILES string of the molecule is CCCc1nc(SCC(=O)c2cc(C)n(-c3cccc(SC)c3)c2C)n[nH]1. The number of rotatable bonds is 8. The average Bonchev–Trinajstić information content (AvgIpc) is 3.24. The molecular formula is C20H24N4OS2. The van der Waals surface area contributed by atoms with Gasteiger partial charge in [-0.3, -0.25) is 9.89 Å². The molecule has 7 heteroatoms. The van der Waals surface area contributed by atoms with Gasteiger partial charge in [-0.2, -0.15) is 0 Å². The van der Waals surface area contributed by atoms with Crippen LogP contribution in [0.15, 0.2) is 40.4 Å². The predicted octanol–water partition coefficient (Wildman–Crippen LogP) is 4.86. The van der Waals surface area contributed by atoms with Crippen LogP contribution in [0.4, 0.5) is 0 Å². The highest BCUT2D eigenvalue weighted by Gasteiger charge is 2.18. The van der Waals surface area contributed by atoms with Gasteiger partial charge in [0, 0.05) is 34.0 Å². The van der Waals surface area contributed by atoms with Gasteiger partial charge in [0.15, 0.2) is 5.78 Å². The number of aryl methyl sites for hydroxylation is 2. The number of ketones is 1. The van der Waals surface area contributed by atoms with Crippen LogP contribution in [0.3, 0.4) is 0 Å². The third kappa shape index (κ3) is 4.47. The molecule has 1 N–H and O–H groups in total. The first-order chi connectivity index (χ1) is 13.0. The summed E-state index contributed by atoms with van der Waals surface area (Å²) in [4.78, 5) is 18.4. The number of Topliss-reactive ketones (excluding diaryl/α,β-unsaturated/α-hetero) is 1. The Bertz CT molecular complexity index is 945. The molecule has 5 nitrogen and oxygen atoms in total. The molecule has 2 aromatic heterocycles. The summed E-state index contributed by atoms with van der Waals surface area (Å²) in [7, 11) is 0. The quantitative estimate of drug-likeness (QED) is 0.432. The van der Waals surface area contributed by atoms with Crippen LogP contribution in [-0.4, -0.2) is 37.5 Å². The molecule has 27 heavy (non-hydrogen) atoms. The number of H-pyrrole nitrogens is 1. The largest absolute Gasteiger partial charge is 0.318 e. The van der Waals surface area contributed by atoms with Gasteiger partial charge in [0.2, 0.25) is 5.16 Å². The summed E-state index contributed by atoms with van der Waals surface area (Å²) in [5.74, 6) is 1.31. The molecule has 0 amide bonds. The zero-order valence-electron chi connectivity index (χ0n) is 16.1. The van der Waals surface area contributed by atoms with Gasteiger partial charge in [-0.15, -0.1) is 16.9 Å². The normalized spacial score (nSPS) is 11.1. The van der Waals surface area contributed by atoms with Crippen LogP contribution in [0, 0.1) is 13.8 Å². The van der Waals surface area contributed by atoms with Gasteiger partial charge in [-0.25, -0.2) is 4.98 Å². The summed E-state index contributed by atoms with van der Waals surface area (Å²) in [6.45, 7) is 6.14. The van der Waals surface area contributed by atoms with Crippen LogP contribution in [-0.2, 0) is 6.42 Å². The van der Waals surface area contributed by atoms with Crippen LogP contribution in [0.5, 0.6) is 0 Å². The van der Waals surface area contributed by atoms with Crippen molar-refractivity contribution in [3.63, 3.8) is 0 Å². The van der Waals surface area contributed by atoms with Crippen LogP contribution < -0.4 is 0 Å². The second kappa shape index (κ2) is 8.80. The van der Waals surface area contributed by atoms with Gasteiger partial charge in [-0.05, 0) is 50.8 Å². The van der Waals surface area contributed by atoms with Crippen molar-refractivity contribution in [1.29, 1.82) is 0 Å². The molecule has 0 aliphatic rings. The molecule has 142 valence electrons. The van der Waals surface area contributed by atoms with Gasteiger partial charge in [0.1, 0.15) is 5.82 Å². The van der Waals surface area contributed by atoms with Crippen molar-refractivity contribution in [3.05, 3.63) is 53.1 Å². The van der Waals surface area contributed by atoms with E-state index in [-0.39, 0.29) is 5.78 Å². The molecule has 0 saturated heterocycles. The van der Waals surface area contributed by atoms with E-state index in [9.17, 15) is 4.79 Å². The lowest BCUT2D eigenvalue weighted by atomic mass is 10.2. The molecule has 0 radical (unpaired) electrons. The fraction of sp³-hybridized carbons (Fsp3) is 0.350. The highest BCUT2D eigenvalue weighted by molar-refractivity contribution is 7.99. The average molecular weight is 401 g/mol. The lowest BCUT2D eigenvalue weighted by Crippen LogP contribution is -2.06. The topological polar surface area (TPSA) is 63.6 Å². The molecule has 0 saturated carbocycles. The molecule has 0 unspecified atom stereocenters. The van der Waals surface area contributed by atoms with Crippen LogP contribution in [0.2, 0.25) is 0 Å². The number of carbonyl (C=O) groups excluding carboxylic acids is 1. The number of hydrogen-bond acceptors (Lipinski definition) is 5. The van der Waals surface area contributed by atoms with E-state index >= 15 is 0 Å². The predicted molar refractivity (Wildman–Crippen MR) is 112 cm³/mol. The molecule has 0 spiro atoms. The lowest BCUT2D eigenvalue weighted by Gasteiger charge is -2.11. The fourth-order valence-electron chi connectivity index (χ4n) is 3.09. The number of benzene rings is 1. The lowest BCUT2D eigenvalue weighted by molar-refractivity contribution is 0.102. The maximum absolute atomic E-state index is 12.8. The van der Waals surface area contributed by atoms with Crippen molar-refractivity contribution >= 4 is 29.3 Å². The number of aromatic amines is 1. The number of nitrogens with one attached hydrogen (secondary N) is 1. The van der Waals surface area contributed by atoms with Crippen molar-refractivity contribution in [2.24, 2.45) is 0 Å². The van der Waals surface area contributed by atoms with Crippen molar-refractivity contribution in [3.8, 4) is 5.69 Å². The van der Waals surface area contributed by atoms with Gasteiger partial charge >= 0.3 is 0 Å². The Morgan fingerprint density at radius 2 is 2.07 bits per heavy atom. The summed E-state index contributed by atoms with van der Waals surface area (Å²) in [5.41, 5.74) is 3.88. The number of nitrogens with zero attached hydrogens (tertiary/aromatic N) is 3. The van der Waals surface area contributed by atoms with E-state index in [2.05, 4.69) is 57.2 Å².